The number of benzene rings is 1. The summed E-state index contributed by atoms with van der Waals surface area (Å²) in [5, 5.41) is 12.5. The third-order valence-corrected chi connectivity index (χ3v) is 4.98. The lowest BCUT2D eigenvalue weighted by Crippen LogP contribution is -2.19. The number of hydrogen-bond acceptors (Lipinski definition) is 6. The van der Waals surface area contributed by atoms with Gasteiger partial charge in [-0.15, -0.1) is 0 Å². The first-order valence-corrected chi connectivity index (χ1v) is 11.0. The lowest BCUT2D eigenvalue weighted by atomic mass is 10.1. The number of nitrogens with one attached hydrogen (secondary N) is 1. The fourth-order valence-corrected chi connectivity index (χ4v) is 3.30. The van der Waals surface area contributed by atoms with Crippen LogP contribution in [-0.2, 0) is 4.79 Å². The highest BCUT2D eigenvalue weighted by Gasteiger charge is 2.07. The van der Waals surface area contributed by atoms with Gasteiger partial charge in [0.25, 0.3) is 0 Å². The van der Waals surface area contributed by atoms with Gasteiger partial charge in [0.15, 0.2) is 0 Å². The van der Waals surface area contributed by atoms with Crippen molar-refractivity contribution >= 4 is 16.9 Å². The molecular formula is C23H34N2O5. The first-order chi connectivity index (χ1) is 14.6. The summed E-state index contributed by atoms with van der Waals surface area (Å²) in [7, 11) is 0. The Morgan fingerprint density at radius 3 is 2.43 bits per heavy atom. The molecule has 0 saturated carbocycles. The zero-order valence-corrected chi connectivity index (χ0v) is 18.0. The minimum atomic E-state index is -0.693. The molecule has 0 atom stereocenters. The number of aliphatic carboxylic acids is 1. The second kappa shape index (κ2) is 13.7. The predicted octanol–water partition coefficient (Wildman–Crippen LogP) is 4.45. The standard InChI is InChI=1S/C23H34N2O5/c1-18-12-13-20-19(17-18)22(28)30-23(25-20)29-16-10-15-24-14-9-7-5-3-2-4-6-8-11-21(26)27/h12-13,17,24H,2-11,14-16H2,1H3,(H,26,27). The van der Waals surface area contributed by atoms with Crippen LogP contribution in [0.4, 0.5) is 0 Å². The van der Waals surface area contributed by atoms with Gasteiger partial charge in [0, 0.05) is 6.42 Å². The highest BCUT2D eigenvalue weighted by atomic mass is 16.6. The van der Waals surface area contributed by atoms with Crippen molar-refractivity contribution in [3.63, 3.8) is 0 Å². The van der Waals surface area contributed by atoms with Crippen molar-refractivity contribution in [1.82, 2.24) is 10.3 Å². The van der Waals surface area contributed by atoms with Crippen LogP contribution in [0.1, 0.15) is 69.8 Å². The zero-order chi connectivity index (χ0) is 21.6. The normalized spacial score (nSPS) is 11.1. The van der Waals surface area contributed by atoms with Gasteiger partial charge in [-0.1, -0.05) is 50.2 Å². The van der Waals surface area contributed by atoms with Gasteiger partial charge in [-0.3, -0.25) is 4.79 Å². The maximum absolute atomic E-state index is 12.0. The second-order valence-electron chi connectivity index (χ2n) is 7.71. The molecule has 30 heavy (non-hydrogen) atoms. The molecule has 0 radical (unpaired) electrons. The number of hydrogen-bond donors (Lipinski definition) is 2. The monoisotopic (exact) mass is 418 g/mol. The van der Waals surface area contributed by atoms with Gasteiger partial charge < -0.3 is 19.6 Å². The Labute approximate surface area is 177 Å². The molecule has 1 aromatic carbocycles. The summed E-state index contributed by atoms with van der Waals surface area (Å²) >= 11 is 0. The number of carboxylic acids is 1. The average molecular weight is 419 g/mol. The molecule has 2 rings (SSSR count). The Balaban J connectivity index is 1.44. The third kappa shape index (κ3) is 9.39. The Kier molecular flexibility index (Phi) is 10.9. The van der Waals surface area contributed by atoms with E-state index in [0.717, 1.165) is 50.8 Å². The van der Waals surface area contributed by atoms with Crippen LogP contribution in [0.15, 0.2) is 27.4 Å². The summed E-state index contributed by atoms with van der Waals surface area (Å²) in [6.45, 7) is 4.20. The molecule has 2 N–H and O–H groups in total. The van der Waals surface area contributed by atoms with Crippen molar-refractivity contribution in [2.24, 2.45) is 0 Å². The van der Waals surface area contributed by atoms with E-state index in [4.69, 9.17) is 14.3 Å². The van der Waals surface area contributed by atoms with Crippen molar-refractivity contribution in [2.75, 3.05) is 19.7 Å². The summed E-state index contributed by atoms with van der Waals surface area (Å²) < 4.78 is 10.6. The number of ether oxygens (including phenoxy) is 1. The van der Waals surface area contributed by atoms with E-state index < -0.39 is 11.6 Å². The lowest BCUT2D eigenvalue weighted by molar-refractivity contribution is -0.137. The first-order valence-electron chi connectivity index (χ1n) is 11.0. The summed E-state index contributed by atoms with van der Waals surface area (Å²) in [6, 6.07) is 5.48. The molecule has 0 spiro atoms. The zero-order valence-electron chi connectivity index (χ0n) is 18.0. The van der Waals surface area contributed by atoms with Gasteiger partial charge in [0.05, 0.1) is 17.5 Å². The minimum absolute atomic E-state index is 0.0271. The lowest BCUT2D eigenvalue weighted by Gasteiger charge is -2.06. The quantitative estimate of drug-likeness (QED) is 0.388. The van der Waals surface area contributed by atoms with Crippen LogP contribution in [0.25, 0.3) is 10.9 Å². The Hall–Kier alpha value is -2.41. The van der Waals surface area contributed by atoms with Gasteiger partial charge in [0.1, 0.15) is 0 Å². The number of aryl methyl sites for hydroxylation is 1. The smallest absolute Gasteiger partial charge is 0.397 e. The molecule has 0 aliphatic heterocycles. The molecule has 0 unspecified atom stereocenters. The highest BCUT2D eigenvalue weighted by Crippen LogP contribution is 2.14. The van der Waals surface area contributed by atoms with E-state index in [1.807, 2.05) is 13.0 Å². The Bertz CT molecular complexity index is 834. The maximum atomic E-state index is 12.0. The summed E-state index contributed by atoms with van der Waals surface area (Å²) in [6.07, 6.45) is 10.1. The van der Waals surface area contributed by atoms with Crippen LogP contribution in [0, 0.1) is 6.92 Å². The molecule has 1 aromatic heterocycles. The van der Waals surface area contributed by atoms with Gasteiger partial charge in [-0.05, 0) is 51.4 Å². The molecule has 0 saturated heterocycles. The van der Waals surface area contributed by atoms with Gasteiger partial charge >= 0.3 is 17.7 Å². The molecule has 2 aromatic rings. The molecule has 7 nitrogen and oxygen atoms in total. The van der Waals surface area contributed by atoms with Gasteiger partial charge in [0.2, 0.25) is 0 Å². The molecule has 0 fully saturated rings. The SMILES string of the molecule is Cc1ccc2nc(OCCCNCCCCCCCCCCC(=O)O)oc(=O)c2c1. The number of rotatable bonds is 16. The highest BCUT2D eigenvalue weighted by molar-refractivity contribution is 5.77. The summed E-state index contributed by atoms with van der Waals surface area (Å²) in [4.78, 5) is 26.7. The van der Waals surface area contributed by atoms with E-state index >= 15 is 0 Å². The molecule has 1 heterocycles. The van der Waals surface area contributed by atoms with Crippen LogP contribution >= 0.6 is 0 Å². The fraction of sp³-hybridized carbons (Fsp3) is 0.609. The number of fused-ring (bicyclic) bond motifs is 1. The number of carbonyl (C=O) groups is 1. The second-order valence-corrected chi connectivity index (χ2v) is 7.71. The Morgan fingerprint density at radius 1 is 1.03 bits per heavy atom. The maximum Gasteiger partial charge on any atom is 0.397 e. The third-order valence-electron chi connectivity index (χ3n) is 4.98. The summed E-state index contributed by atoms with van der Waals surface area (Å²) in [5.74, 6) is -0.693. The van der Waals surface area contributed by atoms with E-state index in [1.54, 1.807) is 12.1 Å². The number of nitrogens with zero attached hydrogens (tertiary/aromatic N) is 1. The molecule has 0 amide bonds. The van der Waals surface area contributed by atoms with Crippen molar-refractivity contribution in [3.8, 4) is 6.08 Å². The van der Waals surface area contributed by atoms with Crippen LogP contribution in [0.3, 0.4) is 0 Å². The van der Waals surface area contributed by atoms with Crippen molar-refractivity contribution in [1.29, 1.82) is 0 Å². The molecule has 7 heteroatoms. The number of unbranched alkanes of at least 4 members (excludes halogenated alkanes) is 7. The van der Waals surface area contributed by atoms with Crippen molar-refractivity contribution < 1.29 is 19.1 Å². The topological polar surface area (TPSA) is 102 Å². The van der Waals surface area contributed by atoms with E-state index in [2.05, 4.69) is 10.3 Å². The largest absolute Gasteiger partial charge is 0.481 e. The van der Waals surface area contributed by atoms with E-state index in [0.29, 0.717) is 23.9 Å². The Morgan fingerprint density at radius 2 is 1.70 bits per heavy atom. The summed E-state index contributed by atoms with van der Waals surface area (Å²) in [5.41, 5.74) is 1.16. The van der Waals surface area contributed by atoms with Crippen molar-refractivity contribution in [2.45, 2.75) is 71.1 Å². The van der Waals surface area contributed by atoms with Crippen molar-refractivity contribution in [3.05, 3.63) is 34.2 Å². The number of carboxylic acid groups (broad SMARTS) is 1. The first kappa shape index (κ1) is 23.9. The fourth-order valence-electron chi connectivity index (χ4n) is 3.30. The molecule has 0 bridgehead atoms. The van der Waals surface area contributed by atoms with E-state index in [1.165, 1.54) is 25.7 Å². The molecule has 166 valence electrons. The van der Waals surface area contributed by atoms with Gasteiger partial charge in [-0.25, -0.2) is 4.79 Å². The van der Waals surface area contributed by atoms with E-state index in [-0.39, 0.29) is 6.08 Å². The average Bonchev–Trinajstić information content (AvgIpc) is 2.71. The van der Waals surface area contributed by atoms with Crippen LogP contribution in [-0.4, -0.2) is 35.8 Å². The van der Waals surface area contributed by atoms with Gasteiger partial charge in [-0.2, -0.15) is 4.98 Å². The number of aromatic nitrogens is 1. The van der Waals surface area contributed by atoms with E-state index in [9.17, 15) is 9.59 Å². The van der Waals surface area contributed by atoms with Crippen LogP contribution in [0.5, 0.6) is 6.08 Å². The predicted molar refractivity (Wildman–Crippen MR) is 117 cm³/mol. The molecule has 0 aliphatic rings. The minimum Gasteiger partial charge on any atom is -0.481 e. The van der Waals surface area contributed by atoms with Crippen LogP contribution in [0.2, 0.25) is 0 Å². The van der Waals surface area contributed by atoms with Crippen LogP contribution < -0.4 is 15.7 Å². The molecule has 0 aliphatic carbocycles. The molecular weight excluding hydrogens is 384 g/mol.